The van der Waals surface area contributed by atoms with Crippen LogP contribution in [0.15, 0.2) is 35.9 Å². The number of pyridine rings is 1. The highest BCUT2D eigenvalue weighted by Gasteiger charge is 2.26. The van der Waals surface area contributed by atoms with Gasteiger partial charge in [0.25, 0.3) is 0 Å². The van der Waals surface area contributed by atoms with Gasteiger partial charge in [-0.2, -0.15) is 0 Å². The molecule has 2 nitrogen and oxygen atoms in total. The second kappa shape index (κ2) is 8.96. The zero-order valence-corrected chi connectivity index (χ0v) is 16.7. The Kier molecular flexibility index (Phi) is 6.95. The van der Waals surface area contributed by atoms with Crippen LogP contribution in [0.25, 0.3) is 16.7 Å². The predicted molar refractivity (Wildman–Crippen MR) is 110 cm³/mol. The van der Waals surface area contributed by atoms with Crippen LogP contribution >= 0.6 is 0 Å². The van der Waals surface area contributed by atoms with Crippen LogP contribution in [0, 0.1) is 13.8 Å². The molecule has 0 bridgehead atoms. The molecule has 0 radical (unpaired) electrons. The number of aromatic nitrogens is 1. The van der Waals surface area contributed by atoms with Crippen molar-refractivity contribution >= 4 is 5.57 Å². The van der Waals surface area contributed by atoms with Crippen LogP contribution in [0.1, 0.15) is 56.1 Å². The van der Waals surface area contributed by atoms with E-state index in [9.17, 15) is 0 Å². The molecule has 0 saturated carbocycles. The maximum absolute atomic E-state index is 4.90. The molecule has 0 spiro atoms. The maximum atomic E-state index is 4.90. The lowest BCUT2D eigenvalue weighted by molar-refractivity contribution is 0.854. The van der Waals surface area contributed by atoms with Crippen molar-refractivity contribution in [1.29, 1.82) is 0 Å². The third-order valence-corrected chi connectivity index (χ3v) is 4.67. The van der Waals surface area contributed by atoms with Crippen molar-refractivity contribution < 1.29 is 0 Å². The Balaban J connectivity index is 0.000000701. The highest BCUT2D eigenvalue weighted by molar-refractivity contribution is 5.88. The molecule has 134 valence electrons. The Labute approximate surface area is 153 Å². The molecule has 2 aromatic rings. The lowest BCUT2D eigenvalue weighted by Gasteiger charge is -2.16. The van der Waals surface area contributed by atoms with Crippen LogP contribution in [-0.2, 0) is 6.42 Å². The Morgan fingerprint density at radius 3 is 2.20 bits per heavy atom. The van der Waals surface area contributed by atoms with Crippen molar-refractivity contribution in [1.82, 2.24) is 10.3 Å². The van der Waals surface area contributed by atoms with Gasteiger partial charge < -0.3 is 5.32 Å². The number of fused-ring (bicyclic) bond motifs is 1. The topological polar surface area (TPSA) is 24.9 Å². The highest BCUT2D eigenvalue weighted by atomic mass is 14.8. The van der Waals surface area contributed by atoms with Gasteiger partial charge in [0.2, 0.25) is 0 Å². The number of hydrogen-bond acceptors (Lipinski definition) is 2. The third kappa shape index (κ3) is 4.01. The van der Waals surface area contributed by atoms with Crippen LogP contribution in [-0.4, -0.2) is 18.6 Å². The first-order valence-corrected chi connectivity index (χ1v) is 9.50. The number of hydrogen-bond donors (Lipinski definition) is 1. The van der Waals surface area contributed by atoms with E-state index in [0.29, 0.717) is 0 Å². The van der Waals surface area contributed by atoms with Gasteiger partial charge >= 0.3 is 0 Å². The van der Waals surface area contributed by atoms with E-state index >= 15 is 0 Å². The Morgan fingerprint density at radius 2 is 1.64 bits per heavy atom. The quantitative estimate of drug-likeness (QED) is 0.772. The van der Waals surface area contributed by atoms with Gasteiger partial charge in [-0.15, -0.1) is 0 Å². The molecule has 0 saturated heterocycles. The summed E-state index contributed by atoms with van der Waals surface area (Å²) in [5.74, 6) is 0. The summed E-state index contributed by atoms with van der Waals surface area (Å²) in [6.45, 7) is 11.8. The largest absolute Gasteiger partial charge is 0.316 e. The Morgan fingerprint density at radius 1 is 1.00 bits per heavy atom. The standard InChI is InChI=1S/C20H24N2.C3H8/c1-5-17-16(12-21-4)11-18-20(17)19(13(2)14(3)22-18)15-9-7-6-8-10-15;1-3-2/h6-10,21H,5,11-12H2,1-4H3;3H2,1-2H3. The van der Waals surface area contributed by atoms with Gasteiger partial charge in [-0.1, -0.05) is 57.5 Å². The highest BCUT2D eigenvalue weighted by Crippen LogP contribution is 2.42. The molecule has 1 aliphatic rings. The molecule has 1 aliphatic carbocycles. The summed E-state index contributed by atoms with van der Waals surface area (Å²) in [6, 6.07) is 10.7. The SMILES string of the molecule is CCC.CCC1=C(CNC)Cc2nc(C)c(C)c(-c3ccccc3)c21. The summed E-state index contributed by atoms with van der Waals surface area (Å²) < 4.78 is 0. The third-order valence-electron chi connectivity index (χ3n) is 4.67. The number of aryl methyl sites for hydroxylation is 1. The molecule has 2 heteroatoms. The molecule has 1 aromatic carbocycles. The zero-order valence-electron chi connectivity index (χ0n) is 16.7. The molecule has 0 unspecified atom stereocenters. The van der Waals surface area contributed by atoms with Crippen molar-refractivity contribution in [3.8, 4) is 11.1 Å². The van der Waals surface area contributed by atoms with E-state index < -0.39 is 0 Å². The minimum Gasteiger partial charge on any atom is -0.316 e. The van der Waals surface area contributed by atoms with E-state index in [1.54, 1.807) is 0 Å². The van der Waals surface area contributed by atoms with Gasteiger partial charge in [-0.05, 0) is 55.2 Å². The van der Waals surface area contributed by atoms with Gasteiger partial charge in [-0.25, -0.2) is 0 Å². The van der Waals surface area contributed by atoms with Crippen LogP contribution < -0.4 is 5.32 Å². The molecular formula is C23H32N2. The molecule has 1 N–H and O–H groups in total. The molecule has 1 heterocycles. The zero-order chi connectivity index (χ0) is 18.4. The minimum atomic E-state index is 0.950. The van der Waals surface area contributed by atoms with Crippen molar-refractivity contribution in [2.45, 2.75) is 53.9 Å². The summed E-state index contributed by atoms with van der Waals surface area (Å²) in [4.78, 5) is 4.90. The molecule has 0 fully saturated rings. The summed E-state index contributed by atoms with van der Waals surface area (Å²) in [5.41, 5.74) is 10.8. The van der Waals surface area contributed by atoms with Crippen molar-refractivity contribution in [2.75, 3.05) is 13.6 Å². The van der Waals surface area contributed by atoms with Crippen molar-refractivity contribution in [3.05, 3.63) is 58.4 Å². The molecule has 25 heavy (non-hydrogen) atoms. The number of likely N-dealkylation sites (N-methyl/N-ethyl adjacent to an activating group) is 1. The maximum Gasteiger partial charge on any atom is 0.0529 e. The fourth-order valence-electron chi connectivity index (χ4n) is 3.57. The number of nitrogens with one attached hydrogen (secondary N) is 1. The van der Waals surface area contributed by atoms with E-state index in [1.807, 2.05) is 7.05 Å². The first kappa shape index (κ1) is 19.4. The van der Waals surface area contributed by atoms with Gasteiger partial charge in [0, 0.05) is 24.2 Å². The smallest absolute Gasteiger partial charge is 0.0529 e. The molecule has 3 rings (SSSR count). The Hall–Kier alpha value is -1.93. The molecule has 1 aromatic heterocycles. The van der Waals surface area contributed by atoms with Crippen LogP contribution in [0.2, 0.25) is 0 Å². The normalized spacial score (nSPS) is 12.7. The number of benzene rings is 1. The lowest BCUT2D eigenvalue weighted by Crippen LogP contribution is -2.11. The molecule has 0 aliphatic heterocycles. The predicted octanol–water partition coefficient (Wildman–Crippen LogP) is 5.72. The summed E-state index contributed by atoms with van der Waals surface area (Å²) in [5, 5.41) is 3.31. The minimum absolute atomic E-state index is 0.950. The molecule has 0 amide bonds. The first-order valence-electron chi connectivity index (χ1n) is 9.50. The number of nitrogens with zero attached hydrogens (tertiary/aromatic N) is 1. The number of allylic oxidation sites excluding steroid dienone is 1. The monoisotopic (exact) mass is 336 g/mol. The van der Waals surface area contributed by atoms with E-state index in [-0.39, 0.29) is 0 Å². The van der Waals surface area contributed by atoms with Gasteiger partial charge in [-0.3, -0.25) is 4.98 Å². The Bertz CT molecular complexity index is 742. The van der Waals surface area contributed by atoms with Gasteiger partial charge in [0.1, 0.15) is 0 Å². The fourth-order valence-corrected chi connectivity index (χ4v) is 3.57. The lowest BCUT2D eigenvalue weighted by atomic mass is 9.90. The van der Waals surface area contributed by atoms with Crippen molar-refractivity contribution in [3.63, 3.8) is 0 Å². The van der Waals surface area contributed by atoms with E-state index in [0.717, 1.165) is 25.1 Å². The molecule has 0 atom stereocenters. The van der Waals surface area contributed by atoms with Gasteiger partial charge in [0.05, 0.1) is 5.69 Å². The summed E-state index contributed by atoms with van der Waals surface area (Å²) in [6.07, 6.45) is 3.30. The summed E-state index contributed by atoms with van der Waals surface area (Å²) >= 11 is 0. The summed E-state index contributed by atoms with van der Waals surface area (Å²) in [7, 11) is 2.02. The van der Waals surface area contributed by atoms with E-state index in [1.165, 1.54) is 45.5 Å². The van der Waals surface area contributed by atoms with Crippen molar-refractivity contribution in [2.24, 2.45) is 0 Å². The van der Waals surface area contributed by atoms with Crippen LogP contribution in [0.5, 0.6) is 0 Å². The second-order valence-corrected chi connectivity index (χ2v) is 6.73. The van der Waals surface area contributed by atoms with E-state index in [2.05, 4.69) is 70.3 Å². The number of rotatable bonds is 4. The van der Waals surface area contributed by atoms with Gasteiger partial charge in [0.15, 0.2) is 0 Å². The van der Waals surface area contributed by atoms with E-state index in [4.69, 9.17) is 4.98 Å². The fraction of sp³-hybridized carbons (Fsp3) is 0.435. The molecular weight excluding hydrogens is 304 g/mol. The van der Waals surface area contributed by atoms with Crippen LogP contribution in [0.3, 0.4) is 0 Å². The first-order chi connectivity index (χ1) is 12.1. The van der Waals surface area contributed by atoms with Crippen LogP contribution in [0.4, 0.5) is 0 Å². The second-order valence-electron chi connectivity index (χ2n) is 6.73. The average Bonchev–Trinajstić information content (AvgIpc) is 2.94. The average molecular weight is 337 g/mol.